The summed E-state index contributed by atoms with van der Waals surface area (Å²) < 4.78 is 17.5. The van der Waals surface area contributed by atoms with Gasteiger partial charge in [0.15, 0.2) is 11.6 Å². The van der Waals surface area contributed by atoms with Crippen molar-refractivity contribution < 1.29 is 19.1 Å². The minimum absolute atomic E-state index is 0.215. The van der Waals surface area contributed by atoms with Crippen molar-refractivity contribution in [3.8, 4) is 5.75 Å². The van der Waals surface area contributed by atoms with E-state index in [1.807, 2.05) is 0 Å². The Hall–Kier alpha value is -0.585. The van der Waals surface area contributed by atoms with Gasteiger partial charge in [-0.05, 0) is 28.1 Å². The van der Waals surface area contributed by atoms with E-state index < -0.39 is 13.1 Å². The molecule has 0 aliphatic heterocycles. The molecule has 0 fully saturated rings. The van der Waals surface area contributed by atoms with E-state index in [1.165, 1.54) is 12.1 Å². The number of benzene rings is 1. The quantitative estimate of drug-likeness (QED) is 0.749. The van der Waals surface area contributed by atoms with Crippen LogP contribution >= 0.6 is 15.9 Å². The lowest BCUT2D eigenvalue weighted by Gasteiger charge is -2.06. The molecule has 1 aromatic carbocycles. The van der Waals surface area contributed by atoms with Gasteiger partial charge < -0.3 is 14.7 Å². The first-order valence-corrected chi connectivity index (χ1v) is 3.87. The lowest BCUT2D eigenvalue weighted by atomic mass is 10.2. The van der Waals surface area contributed by atoms with Gasteiger partial charge >= 0.3 is 7.32 Å². The minimum Gasteiger partial charge on any atom is -0.509 e. The number of hydrogen-bond donors (Lipinski definition) is 2. The summed E-state index contributed by atoms with van der Waals surface area (Å²) in [7, 11) is -2.02. The second kappa shape index (κ2) is 3.89. The molecule has 0 heterocycles. The van der Waals surface area contributed by atoms with Crippen LogP contribution < -0.4 is 4.65 Å². The van der Waals surface area contributed by atoms with Crippen LogP contribution in [-0.4, -0.2) is 17.4 Å². The van der Waals surface area contributed by atoms with Crippen molar-refractivity contribution in [1.82, 2.24) is 0 Å². The van der Waals surface area contributed by atoms with E-state index in [1.54, 1.807) is 0 Å². The Labute approximate surface area is 77.1 Å². The fourth-order valence-electron chi connectivity index (χ4n) is 0.701. The zero-order chi connectivity index (χ0) is 9.14. The van der Waals surface area contributed by atoms with Gasteiger partial charge in [-0.25, -0.2) is 4.39 Å². The van der Waals surface area contributed by atoms with Crippen LogP contribution in [0.5, 0.6) is 5.75 Å². The Bertz CT molecular complexity index is 261. The fourth-order valence-corrected chi connectivity index (χ4v) is 1.14. The third-order valence-electron chi connectivity index (χ3n) is 1.14. The van der Waals surface area contributed by atoms with Gasteiger partial charge in [0.05, 0.1) is 4.47 Å². The lowest BCUT2D eigenvalue weighted by Crippen LogP contribution is -2.21. The average Bonchev–Trinajstić information content (AvgIpc) is 1.97. The van der Waals surface area contributed by atoms with Gasteiger partial charge in [-0.15, -0.1) is 0 Å². The highest BCUT2D eigenvalue weighted by atomic mass is 79.9. The summed E-state index contributed by atoms with van der Waals surface area (Å²) in [6.07, 6.45) is 0. The van der Waals surface area contributed by atoms with Crippen molar-refractivity contribution in [2.24, 2.45) is 0 Å². The first-order valence-electron chi connectivity index (χ1n) is 3.08. The summed E-state index contributed by atoms with van der Waals surface area (Å²) in [5.41, 5.74) is 0. The Morgan fingerprint density at radius 1 is 1.42 bits per heavy atom. The molecule has 64 valence electrons. The first kappa shape index (κ1) is 9.50. The molecule has 1 rings (SSSR count). The number of halogens is 2. The molecule has 0 spiro atoms. The maximum absolute atomic E-state index is 12.8. The highest BCUT2D eigenvalue weighted by Gasteiger charge is 2.16. The molecule has 2 N–H and O–H groups in total. The standard InChI is InChI=1S/C6H5BBrFO3/c8-4-2-1-3-5(9)6(4)12-7(10)11/h1-3,10-11H. The molecule has 0 unspecified atom stereocenters. The van der Waals surface area contributed by atoms with Crippen LogP contribution in [-0.2, 0) is 0 Å². The predicted molar refractivity (Wildman–Crippen MR) is 44.9 cm³/mol. The molecule has 0 atom stereocenters. The van der Waals surface area contributed by atoms with Crippen molar-refractivity contribution >= 4 is 23.3 Å². The molecule has 1 aromatic rings. The van der Waals surface area contributed by atoms with E-state index in [0.29, 0.717) is 4.47 Å². The third-order valence-corrected chi connectivity index (χ3v) is 1.77. The summed E-state index contributed by atoms with van der Waals surface area (Å²) in [4.78, 5) is 0. The highest BCUT2D eigenvalue weighted by molar-refractivity contribution is 9.10. The summed E-state index contributed by atoms with van der Waals surface area (Å²) in [5.74, 6) is -0.870. The zero-order valence-electron chi connectivity index (χ0n) is 5.87. The molecule has 0 aliphatic carbocycles. The van der Waals surface area contributed by atoms with Gasteiger partial charge in [0.25, 0.3) is 0 Å². The van der Waals surface area contributed by atoms with Gasteiger partial charge in [0.2, 0.25) is 0 Å². The van der Waals surface area contributed by atoms with Gasteiger partial charge in [-0.3, -0.25) is 0 Å². The Kier molecular flexibility index (Phi) is 3.08. The molecule has 0 aliphatic rings. The van der Waals surface area contributed by atoms with Crippen molar-refractivity contribution in [3.05, 3.63) is 28.5 Å². The van der Waals surface area contributed by atoms with Gasteiger partial charge in [-0.1, -0.05) is 6.07 Å². The van der Waals surface area contributed by atoms with Gasteiger partial charge in [0.1, 0.15) is 0 Å². The van der Waals surface area contributed by atoms with Crippen LogP contribution in [0.3, 0.4) is 0 Å². The molecule has 0 saturated carbocycles. The maximum atomic E-state index is 12.8. The van der Waals surface area contributed by atoms with E-state index in [2.05, 4.69) is 20.6 Å². The van der Waals surface area contributed by atoms with E-state index in [9.17, 15) is 4.39 Å². The number of hydrogen-bond acceptors (Lipinski definition) is 3. The fraction of sp³-hybridized carbons (Fsp3) is 0. The van der Waals surface area contributed by atoms with E-state index in [4.69, 9.17) is 10.0 Å². The smallest absolute Gasteiger partial charge is 0.509 e. The van der Waals surface area contributed by atoms with Crippen LogP contribution in [0.4, 0.5) is 4.39 Å². The predicted octanol–water partition coefficient (Wildman–Crippen LogP) is 0.936. The monoisotopic (exact) mass is 234 g/mol. The largest absolute Gasteiger partial charge is 0.707 e. The van der Waals surface area contributed by atoms with Crippen LogP contribution in [0.15, 0.2) is 22.7 Å². The average molecular weight is 235 g/mol. The summed E-state index contributed by atoms with van der Waals surface area (Å²) in [6.45, 7) is 0. The Morgan fingerprint density at radius 3 is 2.58 bits per heavy atom. The van der Waals surface area contributed by atoms with Crippen LogP contribution in [0.2, 0.25) is 0 Å². The second-order valence-corrected chi connectivity index (χ2v) is 2.85. The van der Waals surface area contributed by atoms with Crippen molar-refractivity contribution in [2.75, 3.05) is 0 Å². The molecule has 0 radical (unpaired) electrons. The molecule has 12 heavy (non-hydrogen) atoms. The normalized spacial score (nSPS) is 9.67. The molecule has 0 saturated heterocycles. The molecule has 6 heteroatoms. The molecule has 0 aromatic heterocycles. The van der Waals surface area contributed by atoms with Gasteiger partial charge in [-0.2, -0.15) is 0 Å². The van der Waals surface area contributed by atoms with Crippen LogP contribution in [0.1, 0.15) is 0 Å². The Morgan fingerprint density at radius 2 is 2.08 bits per heavy atom. The van der Waals surface area contributed by atoms with E-state index >= 15 is 0 Å². The van der Waals surface area contributed by atoms with Crippen LogP contribution in [0, 0.1) is 5.82 Å². The van der Waals surface area contributed by atoms with E-state index in [-0.39, 0.29) is 5.75 Å². The number of para-hydroxylation sites is 1. The molecule has 0 amide bonds. The lowest BCUT2D eigenvalue weighted by molar-refractivity contribution is 0.281. The van der Waals surface area contributed by atoms with Crippen molar-refractivity contribution in [1.29, 1.82) is 0 Å². The molecule has 0 bridgehead atoms. The first-order chi connectivity index (χ1) is 5.61. The van der Waals surface area contributed by atoms with Crippen LogP contribution in [0.25, 0.3) is 0 Å². The van der Waals surface area contributed by atoms with Crippen molar-refractivity contribution in [2.45, 2.75) is 0 Å². The summed E-state index contributed by atoms with van der Waals surface area (Å²) >= 11 is 2.99. The Balaban J connectivity index is 2.96. The minimum atomic E-state index is -2.02. The molecular formula is C6H5BBrFO3. The second-order valence-electron chi connectivity index (χ2n) is 1.99. The SMILES string of the molecule is OB(O)Oc1c(F)cccc1Br. The third kappa shape index (κ3) is 2.20. The molecular weight excluding hydrogens is 230 g/mol. The summed E-state index contributed by atoms with van der Waals surface area (Å²) in [5, 5.41) is 16.8. The topological polar surface area (TPSA) is 49.7 Å². The number of rotatable bonds is 2. The molecule has 3 nitrogen and oxygen atoms in total. The van der Waals surface area contributed by atoms with E-state index in [0.717, 1.165) is 6.07 Å². The zero-order valence-corrected chi connectivity index (χ0v) is 7.45. The summed E-state index contributed by atoms with van der Waals surface area (Å²) in [6, 6.07) is 4.15. The van der Waals surface area contributed by atoms with Gasteiger partial charge in [0, 0.05) is 0 Å². The highest BCUT2D eigenvalue weighted by Crippen LogP contribution is 2.27. The maximum Gasteiger partial charge on any atom is 0.707 e. The van der Waals surface area contributed by atoms with Crippen molar-refractivity contribution in [3.63, 3.8) is 0 Å².